The van der Waals surface area contributed by atoms with Crippen LogP contribution >= 0.6 is 0 Å². The average molecular weight is 243 g/mol. The molecule has 0 unspecified atom stereocenters. The molecule has 4 nitrogen and oxygen atoms in total. The second-order valence-electron chi connectivity index (χ2n) is 4.11. The molecule has 0 fully saturated rings. The first-order valence-corrected chi connectivity index (χ1v) is 5.88. The summed E-state index contributed by atoms with van der Waals surface area (Å²) in [6.07, 6.45) is 3.22. The SMILES string of the molecule is CNc1cccc(C)c1COc1cncnc1C. The van der Waals surface area contributed by atoms with Gasteiger partial charge in [0.1, 0.15) is 12.9 Å². The molecule has 2 rings (SSSR count). The second kappa shape index (κ2) is 5.49. The summed E-state index contributed by atoms with van der Waals surface area (Å²) in [6.45, 7) is 4.50. The zero-order valence-corrected chi connectivity index (χ0v) is 10.9. The van der Waals surface area contributed by atoms with Crippen LogP contribution in [0, 0.1) is 13.8 Å². The number of rotatable bonds is 4. The summed E-state index contributed by atoms with van der Waals surface area (Å²) in [6, 6.07) is 6.15. The molecule has 1 heterocycles. The highest BCUT2D eigenvalue weighted by molar-refractivity contribution is 5.53. The Balaban J connectivity index is 2.18. The van der Waals surface area contributed by atoms with E-state index < -0.39 is 0 Å². The summed E-state index contributed by atoms with van der Waals surface area (Å²) < 4.78 is 5.78. The first-order valence-electron chi connectivity index (χ1n) is 5.88. The fourth-order valence-electron chi connectivity index (χ4n) is 1.80. The Morgan fingerprint density at radius 3 is 2.83 bits per heavy atom. The van der Waals surface area contributed by atoms with Crippen LogP contribution in [0.15, 0.2) is 30.7 Å². The van der Waals surface area contributed by atoms with Crippen LogP contribution in [0.2, 0.25) is 0 Å². The first kappa shape index (κ1) is 12.4. The number of nitrogens with zero attached hydrogens (tertiary/aromatic N) is 2. The lowest BCUT2D eigenvalue weighted by atomic mass is 10.1. The van der Waals surface area contributed by atoms with Gasteiger partial charge in [-0.15, -0.1) is 0 Å². The van der Waals surface area contributed by atoms with Gasteiger partial charge in [-0.25, -0.2) is 9.97 Å². The molecule has 0 saturated carbocycles. The minimum absolute atomic E-state index is 0.511. The Hall–Kier alpha value is -2.10. The topological polar surface area (TPSA) is 47.0 Å². The molecule has 0 aliphatic carbocycles. The van der Waals surface area contributed by atoms with Crippen LogP contribution in [0.3, 0.4) is 0 Å². The van der Waals surface area contributed by atoms with Crippen molar-refractivity contribution in [2.24, 2.45) is 0 Å². The standard InChI is InChI=1S/C14H17N3O/c1-10-5-4-6-13(15-3)12(10)8-18-14-7-16-9-17-11(14)2/h4-7,9,15H,8H2,1-3H3. The molecule has 0 radical (unpaired) electrons. The van der Waals surface area contributed by atoms with Crippen molar-refractivity contribution in [3.8, 4) is 5.75 Å². The van der Waals surface area contributed by atoms with Gasteiger partial charge in [0, 0.05) is 18.3 Å². The van der Waals surface area contributed by atoms with Crippen molar-refractivity contribution in [3.05, 3.63) is 47.5 Å². The van der Waals surface area contributed by atoms with E-state index in [9.17, 15) is 0 Å². The monoisotopic (exact) mass is 243 g/mol. The highest BCUT2D eigenvalue weighted by atomic mass is 16.5. The van der Waals surface area contributed by atoms with E-state index in [4.69, 9.17) is 4.74 Å². The molecule has 4 heteroatoms. The smallest absolute Gasteiger partial charge is 0.159 e. The van der Waals surface area contributed by atoms with Crippen LogP contribution < -0.4 is 10.1 Å². The molecule has 0 spiro atoms. The highest BCUT2D eigenvalue weighted by Gasteiger charge is 2.06. The Bertz CT molecular complexity index is 540. The van der Waals surface area contributed by atoms with Crippen molar-refractivity contribution in [1.29, 1.82) is 0 Å². The molecule has 94 valence electrons. The predicted octanol–water partition coefficient (Wildman–Crippen LogP) is 2.71. The number of ether oxygens (including phenoxy) is 1. The molecular weight excluding hydrogens is 226 g/mol. The van der Waals surface area contributed by atoms with Gasteiger partial charge in [0.05, 0.1) is 11.9 Å². The molecule has 0 aliphatic rings. The fraction of sp³-hybridized carbons (Fsp3) is 0.286. The van der Waals surface area contributed by atoms with Gasteiger partial charge in [0.2, 0.25) is 0 Å². The van der Waals surface area contributed by atoms with E-state index in [-0.39, 0.29) is 0 Å². The minimum Gasteiger partial charge on any atom is -0.485 e. The van der Waals surface area contributed by atoms with Gasteiger partial charge < -0.3 is 10.1 Å². The van der Waals surface area contributed by atoms with Gasteiger partial charge in [-0.2, -0.15) is 0 Å². The number of aromatic nitrogens is 2. The Morgan fingerprint density at radius 1 is 1.28 bits per heavy atom. The summed E-state index contributed by atoms with van der Waals surface area (Å²) in [7, 11) is 1.91. The Morgan fingerprint density at radius 2 is 2.11 bits per heavy atom. The maximum absolute atomic E-state index is 5.78. The summed E-state index contributed by atoms with van der Waals surface area (Å²) in [4.78, 5) is 8.08. The molecule has 1 N–H and O–H groups in total. The largest absolute Gasteiger partial charge is 0.485 e. The van der Waals surface area contributed by atoms with Gasteiger partial charge in [-0.1, -0.05) is 12.1 Å². The number of aryl methyl sites for hydroxylation is 2. The van der Waals surface area contributed by atoms with Gasteiger partial charge >= 0.3 is 0 Å². The normalized spacial score (nSPS) is 10.2. The van der Waals surface area contributed by atoms with E-state index in [0.29, 0.717) is 6.61 Å². The highest BCUT2D eigenvalue weighted by Crippen LogP contribution is 2.22. The Labute approximate surface area is 107 Å². The van der Waals surface area contributed by atoms with Crippen molar-refractivity contribution in [3.63, 3.8) is 0 Å². The minimum atomic E-state index is 0.511. The Kier molecular flexibility index (Phi) is 3.77. The van der Waals surface area contributed by atoms with Crippen molar-refractivity contribution >= 4 is 5.69 Å². The lowest BCUT2D eigenvalue weighted by Gasteiger charge is -2.13. The molecule has 2 aromatic rings. The van der Waals surface area contributed by atoms with Gasteiger partial charge in [0.25, 0.3) is 0 Å². The summed E-state index contributed by atoms with van der Waals surface area (Å²) in [5.41, 5.74) is 4.30. The number of hydrogen-bond donors (Lipinski definition) is 1. The quantitative estimate of drug-likeness (QED) is 0.897. The van der Waals surface area contributed by atoms with Crippen LogP contribution in [-0.4, -0.2) is 17.0 Å². The number of anilines is 1. The molecule has 1 aromatic carbocycles. The van der Waals surface area contributed by atoms with Crippen LogP contribution in [0.1, 0.15) is 16.8 Å². The number of benzene rings is 1. The first-order chi connectivity index (χ1) is 8.72. The van der Waals surface area contributed by atoms with Crippen LogP contribution in [0.4, 0.5) is 5.69 Å². The number of nitrogens with one attached hydrogen (secondary N) is 1. The van der Waals surface area contributed by atoms with E-state index in [2.05, 4.69) is 28.3 Å². The zero-order chi connectivity index (χ0) is 13.0. The molecule has 0 aliphatic heterocycles. The average Bonchev–Trinajstić information content (AvgIpc) is 2.39. The van der Waals surface area contributed by atoms with E-state index in [1.54, 1.807) is 6.20 Å². The van der Waals surface area contributed by atoms with E-state index in [1.165, 1.54) is 11.9 Å². The van der Waals surface area contributed by atoms with E-state index in [1.807, 2.05) is 26.1 Å². The molecule has 18 heavy (non-hydrogen) atoms. The molecular formula is C14H17N3O. The van der Waals surface area contributed by atoms with Crippen molar-refractivity contribution in [2.45, 2.75) is 20.5 Å². The second-order valence-corrected chi connectivity index (χ2v) is 4.11. The third kappa shape index (κ3) is 2.59. The third-order valence-corrected chi connectivity index (χ3v) is 2.92. The van der Waals surface area contributed by atoms with E-state index in [0.717, 1.165) is 22.7 Å². The lowest BCUT2D eigenvalue weighted by molar-refractivity contribution is 0.301. The lowest BCUT2D eigenvalue weighted by Crippen LogP contribution is -2.04. The van der Waals surface area contributed by atoms with Gasteiger partial charge in [-0.3, -0.25) is 0 Å². The van der Waals surface area contributed by atoms with Crippen LogP contribution in [0.5, 0.6) is 5.75 Å². The third-order valence-electron chi connectivity index (χ3n) is 2.92. The van der Waals surface area contributed by atoms with Crippen molar-refractivity contribution < 1.29 is 4.74 Å². The van der Waals surface area contributed by atoms with Crippen molar-refractivity contribution in [1.82, 2.24) is 9.97 Å². The molecule has 0 saturated heterocycles. The molecule has 0 atom stereocenters. The summed E-state index contributed by atoms with van der Waals surface area (Å²) in [5.74, 6) is 0.725. The fourth-order valence-corrected chi connectivity index (χ4v) is 1.80. The van der Waals surface area contributed by atoms with E-state index >= 15 is 0 Å². The van der Waals surface area contributed by atoms with Gasteiger partial charge in [-0.05, 0) is 25.5 Å². The molecule has 0 bridgehead atoms. The zero-order valence-electron chi connectivity index (χ0n) is 10.9. The van der Waals surface area contributed by atoms with Gasteiger partial charge in [0.15, 0.2) is 5.75 Å². The predicted molar refractivity (Wildman–Crippen MR) is 71.8 cm³/mol. The maximum Gasteiger partial charge on any atom is 0.159 e. The van der Waals surface area contributed by atoms with Crippen molar-refractivity contribution in [2.75, 3.05) is 12.4 Å². The molecule has 1 aromatic heterocycles. The molecule has 0 amide bonds. The maximum atomic E-state index is 5.78. The number of hydrogen-bond acceptors (Lipinski definition) is 4. The van der Waals surface area contributed by atoms with Crippen LogP contribution in [0.25, 0.3) is 0 Å². The van der Waals surface area contributed by atoms with Crippen LogP contribution in [-0.2, 0) is 6.61 Å². The summed E-state index contributed by atoms with van der Waals surface area (Å²) in [5, 5.41) is 3.18. The summed E-state index contributed by atoms with van der Waals surface area (Å²) >= 11 is 0.